The minimum absolute atomic E-state index is 0.0902. The van der Waals surface area contributed by atoms with Gasteiger partial charge in [-0.05, 0) is 30.0 Å². The van der Waals surface area contributed by atoms with E-state index in [9.17, 15) is 13.6 Å². The molecule has 2 amide bonds. The number of aromatic nitrogens is 2. The Hall–Kier alpha value is -4.33. The van der Waals surface area contributed by atoms with E-state index < -0.39 is 17.7 Å². The summed E-state index contributed by atoms with van der Waals surface area (Å²) in [6, 6.07) is 23.2. The number of amides is 2. The molecule has 0 spiro atoms. The molecule has 4 aromatic rings. The highest BCUT2D eigenvalue weighted by Crippen LogP contribution is 2.31. The van der Waals surface area contributed by atoms with E-state index in [4.69, 9.17) is 4.99 Å². The first-order valence-electron chi connectivity index (χ1n) is 12.7. The molecule has 6 nitrogen and oxygen atoms in total. The van der Waals surface area contributed by atoms with Crippen LogP contribution in [0.5, 0.6) is 0 Å². The zero-order chi connectivity index (χ0) is 26.3. The number of rotatable bonds is 10. The van der Waals surface area contributed by atoms with Crippen molar-refractivity contribution in [2.75, 3.05) is 13.1 Å². The molecule has 8 heteroatoms. The Kier molecular flexibility index (Phi) is 7.87. The maximum Gasteiger partial charge on any atom is 0.323 e. The van der Waals surface area contributed by atoms with Crippen LogP contribution in [-0.2, 0) is 6.54 Å². The summed E-state index contributed by atoms with van der Waals surface area (Å²) in [7, 11) is 0. The van der Waals surface area contributed by atoms with Crippen LogP contribution in [-0.4, -0.2) is 39.4 Å². The average Bonchev–Trinajstić information content (AvgIpc) is 3.57. The van der Waals surface area contributed by atoms with E-state index in [1.165, 1.54) is 28.2 Å². The highest BCUT2D eigenvalue weighted by Gasteiger charge is 2.39. The molecule has 0 aliphatic carbocycles. The van der Waals surface area contributed by atoms with Gasteiger partial charge in [-0.1, -0.05) is 72.8 Å². The van der Waals surface area contributed by atoms with Crippen LogP contribution in [0, 0.1) is 11.6 Å². The summed E-state index contributed by atoms with van der Waals surface area (Å²) in [5, 5.41) is 2.82. The summed E-state index contributed by atoms with van der Waals surface area (Å²) < 4.78 is 31.1. The summed E-state index contributed by atoms with van der Waals surface area (Å²) in [6.45, 7) is 1.39. The summed E-state index contributed by atoms with van der Waals surface area (Å²) in [6.07, 6.45) is 6.55. The monoisotopic (exact) mass is 513 g/mol. The Morgan fingerprint density at radius 2 is 1.63 bits per heavy atom. The normalized spacial score (nSPS) is 16.4. The van der Waals surface area contributed by atoms with Crippen LogP contribution in [0.25, 0.3) is 0 Å². The lowest BCUT2D eigenvalue weighted by atomic mass is 9.88. The number of carbonyl (C=O) groups is 1. The van der Waals surface area contributed by atoms with Crippen LogP contribution < -0.4 is 5.32 Å². The number of hydrogen-bond donors (Lipinski definition) is 1. The number of aliphatic imine (C=N–C) groups is 1. The van der Waals surface area contributed by atoms with Crippen molar-refractivity contribution in [2.24, 2.45) is 4.99 Å². The van der Waals surface area contributed by atoms with Crippen molar-refractivity contribution in [1.29, 1.82) is 0 Å². The van der Waals surface area contributed by atoms with Gasteiger partial charge in [0, 0.05) is 43.5 Å². The minimum Gasteiger partial charge on any atom is -0.337 e. The largest absolute Gasteiger partial charge is 0.337 e. The Balaban J connectivity index is 1.39. The third-order valence-electron chi connectivity index (χ3n) is 6.82. The van der Waals surface area contributed by atoms with E-state index in [1.54, 1.807) is 12.5 Å². The van der Waals surface area contributed by atoms with Gasteiger partial charge in [0.15, 0.2) is 11.6 Å². The lowest BCUT2D eigenvalue weighted by Crippen LogP contribution is -2.31. The second-order valence-electron chi connectivity index (χ2n) is 9.25. The van der Waals surface area contributed by atoms with Crippen LogP contribution in [0.2, 0.25) is 0 Å². The summed E-state index contributed by atoms with van der Waals surface area (Å²) in [5.74, 6) is -1.47. The van der Waals surface area contributed by atoms with Gasteiger partial charge >= 0.3 is 6.03 Å². The molecule has 1 aromatic heterocycles. The maximum absolute atomic E-state index is 15.0. The summed E-state index contributed by atoms with van der Waals surface area (Å²) >= 11 is 0. The number of carbonyl (C=O) groups excluding carboxylic acids is 1. The molecule has 1 aliphatic heterocycles. The summed E-state index contributed by atoms with van der Waals surface area (Å²) in [4.78, 5) is 23.3. The van der Waals surface area contributed by atoms with E-state index in [0.717, 1.165) is 6.07 Å². The van der Waals surface area contributed by atoms with Crippen LogP contribution in [0.3, 0.4) is 0 Å². The molecule has 1 atom stereocenters. The molecule has 194 valence electrons. The number of hydrogen-bond acceptors (Lipinski definition) is 3. The molecule has 1 fully saturated rings. The van der Waals surface area contributed by atoms with Gasteiger partial charge in [0.2, 0.25) is 0 Å². The lowest BCUT2D eigenvalue weighted by Gasteiger charge is -2.24. The van der Waals surface area contributed by atoms with Crippen molar-refractivity contribution in [3.05, 3.63) is 126 Å². The van der Waals surface area contributed by atoms with Gasteiger partial charge in [-0.3, -0.25) is 10.3 Å². The maximum atomic E-state index is 15.0. The molecule has 1 N–H and O–H groups in total. The van der Waals surface area contributed by atoms with E-state index in [2.05, 4.69) is 34.6 Å². The molecule has 5 rings (SSSR count). The number of benzene rings is 3. The number of amidine groups is 1. The third-order valence-corrected chi connectivity index (χ3v) is 6.82. The quantitative estimate of drug-likeness (QED) is 0.285. The zero-order valence-corrected chi connectivity index (χ0v) is 20.9. The molecule has 1 saturated heterocycles. The molecular weight excluding hydrogens is 484 g/mol. The van der Waals surface area contributed by atoms with E-state index >= 15 is 0 Å². The van der Waals surface area contributed by atoms with Crippen molar-refractivity contribution in [2.45, 2.75) is 31.3 Å². The third kappa shape index (κ3) is 5.64. The second kappa shape index (κ2) is 11.8. The molecule has 1 unspecified atom stereocenters. The first-order chi connectivity index (χ1) is 18.6. The number of imidazole rings is 1. The highest BCUT2D eigenvalue weighted by molar-refractivity contribution is 6.07. The Labute approximate surface area is 220 Å². The van der Waals surface area contributed by atoms with Crippen molar-refractivity contribution in [3.8, 4) is 0 Å². The molecule has 0 saturated carbocycles. The molecule has 0 bridgehead atoms. The number of urea groups is 1. The molecule has 3 aromatic carbocycles. The van der Waals surface area contributed by atoms with Crippen molar-refractivity contribution < 1.29 is 13.6 Å². The average molecular weight is 514 g/mol. The van der Waals surface area contributed by atoms with Gasteiger partial charge < -0.3 is 9.47 Å². The number of aryl methyl sites for hydroxylation is 1. The number of halogens is 2. The molecule has 2 heterocycles. The van der Waals surface area contributed by atoms with E-state index in [0.29, 0.717) is 38.3 Å². The zero-order valence-electron chi connectivity index (χ0n) is 20.9. The number of nitrogens with one attached hydrogen (secondary N) is 1. The summed E-state index contributed by atoms with van der Waals surface area (Å²) in [5.41, 5.74) is 2.43. The molecule has 0 radical (unpaired) electrons. The smallest absolute Gasteiger partial charge is 0.323 e. The van der Waals surface area contributed by atoms with E-state index in [-0.39, 0.29) is 17.5 Å². The van der Waals surface area contributed by atoms with Gasteiger partial charge in [0.25, 0.3) is 0 Å². The van der Waals surface area contributed by atoms with Crippen molar-refractivity contribution in [1.82, 2.24) is 19.8 Å². The topological polar surface area (TPSA) is 62.5 Å². The second-order valence-corrected chi connectivity index (χ2v) is 9.25. The van der Waals surface area contributed by atoms with Gasteiger partial charge in [-0.2, -0.15) is 0 Å². The first-order valence-corrected chi connectivity index (χ1v) is 12.7. The molecule has 1 aliphatic rings. The SMILES string of the molecule is O=C1NC(=NCCC(c2ccccc2)c2ccccc2)C(c2cccc(F)c2F)N1CCCn1ccnc1. The predicted molar refractivity (Wildman–Crippen MR) is 143 cm³/mol. The van der Waals surface area contributed by atoms with Crippen LogP contribution in [0.4, 0.5) is 13.6 Å². The first kappa shape index (κ1) is 25.3. The van der Waals surface area contributed by atoms with Gasteiger partial charge in [-0.15, -0.1) is 0 Å². The fourth-order valence-corrected chi connectivity index (χ4v) is 4.97. The van der Waals surface area contributed by atoms with E-state index in [1.807, 2.05) is 47.2 Å². The molecular formula is C30H29F2N5O. The standard InChI is InChI=1S/C30H29F2N5O/c31-26-14-7-13-25(27(26)32)28-29(35-30(38)37(28)19-8-18-36-20-17-33-21-36)34-16-15-24(22-9-3-1-4-10-22)23-11-5-2-6-12-23/h1-7,9-14,17,20-21,24,28H,8,15-16,18-19H2,(H,34,35,38). The van der Waals surface area contributed by atoms with Crippen LogP contribution in [0.1, 0.15) is 41.5 Å². The van der Waals surface area contributed by atoms with Crippen LogP contribution >= 0.6 is 0 Å². The van der Waals surface area contributed by atoms with Crippen LogP contribution in [0.15, 0.2) is 103 Å². The lowest BCUT2D eigenvalue weighted by molar-refractivity contribution is 0.203. The van der Waals surface area contributed by atoms with Crippen molar-refractivity contribution in [3.63, 3.8) is 0 Å². The minimum atomic E-state index is -0.965. The van der Waals surface area contributed by atoms with Crippen molar-refractivity contribution >= 4 is 11.9 Å². The molecule has 38 heavy (non-hydrogen) atoms. The highest BCUT2D eigenvalue weighted by atomic mass is 19.2. The number of nitrogens with zero attached hydrogens (tertiary/aromatic N) is 4. The Morgan fingerprint density at radius 3 is 2.29 bits per heavy atom. The van der Waals surface area contributed by atoms with Gasteiger partial charge in [0.1, 0.15) is 11.9 Å². The fourth-order valence-electron chi connectivity index (χ4n) is 4.97. The Morgan fingerprint density at radius 1 is 0.921 bits per heavy atom. The predicted octanol–water partition coefficient (Wildman–Crippen LogP) is 5.94. The van der Waals surface area contributed by atoms with Gasteiger partial charge in [0.05, 0.1) is 6.33 Å². The Bertz CT molecular complexity index is 1340. The van der Waals surface area contributed by atoms with Gasteiger partial charge in [-0.25, -0.2) is 18.6 Å². The fraction of sp³-hybridized carbons (Fsp3) is 0.233.